The molecular weight excluding hydrogens is 354 g/mol. The highest BCUT2D eigenvalue weighted by molar-refractivity contribution is 5.89. The number of pyridine rings is 1. The molecule has 1 aromatic carbocycles. The van der Waals surface area contributed by atoms with Gasteiger partial charge in [0.1, 0.15) is 6.33 Å². The summed E-state index contributed by atoms with van der Waals surface area (Å²) in [6, 6.07) is 13.7. The third-order valence-electron chi connectivity index (χ3n) is 5.06. The molecule has 8 heteroatoms. The van der Waals surface area contributed by atoms with E-state index in [4.69, 9.17) is 0 Å². The summed E-state index contributed by atoms with van der Waals surface area (Å²) in [4.78, 5) is 19.3. The van der Waals surface area contributed by atoms with Gasteiger partial charge < -0.3 is 10.2 Å². The first-order valence-corrected chi connectivity index (χ1v) is 9.60. The van der Waals surface area contributed by atoms with Gasteiger partial charge in [-0.3, -0.25) is 4.98 Å². The summed E-state index contributed by atoms with van der Waals surface area (Å²) in [5, 5.41) is 14.2. The quantitative estimate of drug-likeness (QED) is 0.738. The van der Waals surface area contributed by atoms with E-state index in [-0.39, 0.29) is 12.1 Å². The van der Waals surface area contributed by atoms with E-state index in [0.29, 0.717) is 0 Å². The Bertz CT molecular complexity index is 898. The van der Waals surface area contributed by atoms with Gasteiger partial charge in [-0.2, -0.15) is 0 Å². The number of tetrazole rings is 1. The molecule has 0 aliphatic carbocycles. The van der Waals surface area contributed by atoms with Crippen LogP contribution in [0.2, 0.25) is 0 Å². The number of urea groups is 1. The molecule has 1 N–H and O–H groups in total. The van der Waals surface area contributed by atoms with Crippen LogP contribution in [-0.4, -0.2) is 48.7 Å². The highest BCUT2D eigenvalue weighted by atomic mass is 16.2. The van der Waals surface area contributed by atoms with Crippen LogP contribution in [0.25, 0.3) is 5.69 Å². The molecule has 3 aromatic rings. The summed E-state index contributed by atoms with van der Waals surface area (Å²) >= 11 is 0. The molecule has 3 heterocycles. The molecule has 2 amide bonds. The zero-order valence-corrected chi connectivity index (χ0v) is 15.6. The number of hydrogen-bond acceptors (Lipinski definition) is 5. The fourth-order valence-corrected chi connectivity index (χ4v) is 3.63. The normalized spacial score (nSPS) is 16.7. The Balaban J connectivity index is 1.41. The number of anilines is 1. The van der Waals surface area contributed by atoms with Crippen LogP contribution in [0.3, 0.4) is 0 Å². The molecule has 144 valence electrons. The second-order valence-corrected chi connectivity index (χ2v) is 6.94. The third-order valence-corrected chi connectivity index (χ3v) is 5.06. The van der Waals surface area contributed by atoms with Gasteiger partial charge in [-0.05, 0) is 72.9 Å². The summed E-state index contributed by atoms with van der Waals surface area (Å²) < 4.78 is 1.56. The molecule has 0 spiro atoms. The number of nitrogens with one attached hydrogen (secondary N) is 1. The van der Waals surface area contributed by atoms with Crippen molar-refractivity contribution in [2.45, 2.75) is 38.1 Å². The van der Waals surface area contributed by atoms with Crippen molar-refractivity contribution in [1.29, 1.82) is 0 Å². The van der Waals surface area contributed by atoms with Crippen molar-refractivity contribution in [2.24, 2.45) is 0 Å². The fraction of sp³-hybridized carbons (Fsp3) is 0.350. The maximum atomic E-state index is 12.9. The van der Waals surface area contributed by atoms with E-state index in [0.717, 1.165) is 55.7 Å². The first-order chi connectivity index (χ1) is 13.8. The number of carbonyl (C=O) groups excluding carboxylic acids is 1. The van der Waals surface area contributed by atoms with E-state index in [1.807, 2.05) is 53.6 Å². The predicted molar refractivity (Wildman–Crippen MR) is 105 cm³/mol. The van der Waals surface area contributed by atoms with Crippen LogP contribution in [0.1, 0.15) is 31.4 Å². The minimum Gasteiger partial charge on any atom is -0.322 e. The molecule has 1 fully saturated rings. The van der Waals surface area contributed by atoms with Crippen molar-refractivity contribution in [3.63, 3.8) is 0 Å². The molecule has 1 saturated heterocycles. The van der Waals surface area contributed by atoms with Gasteiger partial charge in [0, 0.05) is 30.2 Å². The first kappa shape index (κ1) is 18.1. The summed E-state index contributed by atoms with van der Waals surface area (Å²) in [5.74, 6) is 0. The molecular formula is C20H23N7O. The minimum atomic E-state index is -0.0559. The van der Waals surface area contributed by atoms with Gasteiger partial charge in [-0.25, -0.2) is 9.48 Å². The molecule has 28 heavy (non-hydrogen) atoms. The zero-order chi connectivity index (χ0) is 19.2. The fourth-order valence-electron chi connectivity index (χ4n) is 3.63. The van der Waals surface area contributed by atoms with Crippen LogP contribution in [0.5, 0.6) is 0 Å². The molecule has 1 atom stereocenters. The van der Waals surface area contributed by atoms with Gasteiger partial charge in [0.25, 0.3) is 0 Å². The Kier molecular flexibility index (Phi) is 5.56. The van der Waals surface area contributed by atoms with Crippen LogP contribution in [0, 0.1) is 0 Å². The summed E-state index contributed by atoms with van der Waals surface area (Å²) in [6.07, 6.45) is 8.38. The SMILES string of the molecule is O=C(Nc1cccc(-n2cnnn2)c1)N1CCCC[C@@H]1CCc1ccccn1. The van der Waals surface area contributed by atoms with Gasteiger partial charge in [0.05, 0.1) is 5.69 Å². The average molecular weight is 377 g/mol. The van der Waals surface area contributed by atoms with Gasteiger partial charge in [0.2, 0.25) is 0 Å². The first-order valence-electron chi connectivity index (χ1n) is 9.60. The topological polar surface area (TPSA) is 88.8 Å². The van der Waals surface area contributed by atoms with Gasteiger partial charge in [0.15, 0.2) is 0 Å². The Morgan fingerprint density at radius 1 is 1.18 bits per heavy atom. The van der Waals surface area contributed by atoms with Crippen molar-refractivity contribution < 1.29 is 4.79 Å². The predicted octanol–water partition coefficient (Wildman–Crippen LogP) is 3.08. The van der Waals surface area contributed by atoms with Crippen LogP contribution < -0.4 is 5.32 Å². The largest absolute Gasteiger partial charge is 0.322 e. The van der Waals surface area contributed by atoms with Crippen LogP contribution in [0.4, 0.5) is 10.5 Å². The Morgan fingerprint density at radius 2 is 2.14 bits per heavy atom. The highest BCUT2D eigenvalue weighted by Gasteiger charge is 2.26. The number of nitrogens with zero attached hydrogens (tertiary/aromatic N) is 6. The number of rotatable bonds is 5. The second kappa shape index (κ2) is 8.60. The number of benzene rings is 1. The smallest absolute Gasteiger partial charge is 0.322 e. The van der Waals surface area contributed by atoms with E-state index >= 15 is 0 Å². The number of amides is 2. The molecule has 0 saturated carbocycles. The van der Waals surface area contributed by atoms with Crippen molar-refractivity contribution in [3.05, 3.63) is 60.7 Å². The molecule has 0 radical (unpaired) electrons. The standard InChI is InChI=1S/C20H23N7O/c28-20(23-17-7-5-9-19(14-17)27-15-22-24-25-27)26-13-4-2-8-18(26)11-10-16-6-1-3-12-21-16/h1,3,5-7,9,12,14-15,18H,2,4,8,10-11,13H2,(H,23,28)/t18-/m1/s1. The Morgan fingerprint density at radius 3 is 2.96 bits per heavy atom. The molecule has 1 aliphatic heterocycles. The van der Waals surface area contributed by atoms with E-state index in [1.54, 1.807) is 4.68 Å². The van der Waals surface area contributed by atoms with Crippen LogP contribution in [0.15, 0.2) is 55.0 Å². The van der Waals surface area contributed by atoms with Gasteiger partial charge >= 0.3 is 6.03 Å². The lowest BCUT2D eigenvalue weighted by Gasteiger charge is -2.35. The summed E-state index contributed by atoms with van der Waals surface area (Å²) in [5.41, 5.74) is 2.60. The lowest BCUT2D eigenvalue weighted by atomic mass is 9.97. The number of carbonyl (C=O) groups is 1. The molecule has 1 aliphatic rings. The van der Waals surface area contributed by atoms with E-state index < -0.39 is 0 Å². The molecule has 0 unspecified atom stereocenters. The molecule has 0 bridgehead atoms. The van der Waals surface area contributed by atoms with Crippen molar-refractivity contribution in [1.82, 2.24) is 30.1 Å². The minimum absolute atomic E-state index is 0.0559. The van der Waals surface area contributed by atoms with Crippen molar-refractivity contribution >= 4 is 11.7 Å². The summed E-state index contributed by atoms with van der Waals surface area (Å²) in [7, 11) is 0. The lowest BCUT2D eigenvalue weighted by molar-refractivity contribution is 0.158. The zero-order valence-electron chi connectivity index (χ0n) is 15.6. The number of piperidine rings is 1. The monoisotopic (exact) mass is 377 g/mol. The van der Waals surface area contributed by atoms with Gasteiger partial charge in [-0.1, -0.05) is 12.1 Å². The number of aryl methyl sites for hydroxylation is 1. The van der Waals surface area contributed by atoms with Crippen molar-refractivity contribution in [3.8, 4) is 5.69 Å². The van der Waals surface area contributed by atoms with Gasteiger partial charge in [-0.15, -0.1) is 5.10 Å². The average Bonchev–Trinajstić information content (AvgIpc) is 3.28. The molecule has 4 rings (SSSR count). The number of hydrogen-bond donors (Lipinski definition) is 1. The maximum Gasteiger partial charge on any atom is 0.322 e. The Hall–Kier alpha value is -3.29. The highest BCUT2D eigenvalue weighted by Crippen LogP contribution is 2.23. The summed E-state index contributed by atoms with van der Waals surface area (Å²) in [6.45, 7) is 0.783. The second-order valence-electron chi connectivity index (χ2n) is 6.94. The molecule has 2 aromatic heterocycles. The number of likely N-dealkylation sites (tertiary alicyclic amines) is 1. The van der Waals surface area contributed by atoms with E-state index in [2.05, 4.69) is 25.8 Å². The van der Waals surface area contributed by atoms with Crippen molar-refractivity contribution in [2.75, 3.05) is 11.9 Å². The lowest BCUT2D eigenvalue weighted by Crippen LogP contribution is -2.46. The Labute approximate surface area is 163 Å². The molecule has 8 nitrogen and oxygen atoms in total. The van der Waals surface area contributed by atoms with E-state index in [9.17, 15) is 4.79 Å². The van der Waals surface area contributed by atoms with Crippen LogP contribution >= 0.6 is 0 Å². The van der Waals surface area contributed by atoms with E-state index in [1.165, 1.54) is 6.33 Å². The maximum absolute atomic E-state index is 12.9. The number of aromatic nitrogens is 5. The third kappa shape index (κ3) is 4.33. The van der Waals surface area contributed by atoms with Crippen LogP contribution in [-0.2, 0) is 6.42 Å².